The molecule has 0 aromatic heterocycles. The second kappa shape index (κ2) is 5.75. The fraction of sp³-hybridized carbons (Fsp3) is 0.286. The van der Waals surface area contributed by atoms with E-state index in [0.717, 1.165) is 6.40 Å². The molecule has 0 radical (unpaired) electrons. The van der Waals surface area contributed by atoms with E-state index in [0.29, 0.717) is 6.61 Å². The van der Waals surface area contributed by atoms with E-state index >= 15 is 0 Å². The lowest BCUT2D eigenvalue weighted by Gasteiger charge is -1.91. The Hall–Kier alpha value is -2.01. The largest absolute Gasteiger partial charge is 0.483 e. The van der Waals surface area contributed by atoms with Crippen molar-refractivity contribution in [2.24, 2.45) is 10.7 Å². The molecule has 0 aliphatic heterocycles. The molecule has 62 valence electrons. The van der Waals surface area contributed by atoms with Gasteiger partial charge in [0, 0.05) is 0 Å². The van der Waals surface area contributed by atoms with Crippen LogP contribution in [0.4, 0.5) is 0 Å². The number of hydrogen-bond donors (Lipinski definition) is 1. The minimum atomic E-state index is -0.214. The van der Waals surface area contributed by atoms with Gasteiger partial charge in [-0.2, -0.15) is 10.5 Å². The van der Waals surface area contributed by atoms with Gasteiger partial charge in [-0.05, 0) is 6.92 Å². The molecule has 0 aliphatic rings. The van der Waals surface area contributed by atoms with Gasteiger partial charge in [-0.25, -0.2) is 4.99 Å². The van der Waals surface area contributed by atoms with Gasteiger partial charge in [0.25, 0.3) is 0 Å². The van der Waals surface area contributed by atoms with Crippen LogP contribution in [0.15, 0.2) is 16.4 Å². The van der Waals surface area contributed by atoms with E-state index < -0.39 is 0 Å². The van der Waals surface area contributed by atoms with Crippen LogP contribution >= 0.6 is 0 Å². The van der Waals surface area contributed by atoms with E-state index in [-0.39, 0.29) is 11.4 Å². The molecule has 0 atom stereocenters. The topological polar surface area (TPSA) is 95.2 Å². The Kier molecular flexibility index (Phi) is 4.79. The molecule has 5 heteroatoms. The number of nitrogens with two attached hydrogens (primary N) is 1. The highest BCUT2D eigenvalue weighted by Crippen LogP contribution is 1.96. The highest BCUT2D eigenvalue weighted by atomic mass is 16.5. The first-order chi connectivity index (χ1) is 5.76. The number of rotatable bonds is 3. The highest BCUT2D eigenvalue weighted by molar-refractivity contribution is 5.52. The summed E-state index contributed by atoms with van der Waals surface area (Å²) in [7, 11) is 0. The van der Waals surface area contributed by atoms with Gasteiger partial charge in [0.05, 0.1) is 6.61 Å². The van der Waals surface area contributed by atoms with E-state index in [1.54, 1.807) is 19.1 Å². The van der Waals surface area contributed by atoms with Crippen molar-refractivity contribution in [3.8, 4) is 12.1 Å². The van der Waals surface area contributed by atoms with Crippen molar-refractivity contribution in [1.29, 1.82) is 10.5 Å². The zero-order valence-corrected chi connectivity index (χ0v) is 6.61. The second-order valence-corrected chi connectivity index (χ2v) is 1.68. The summed E-state index contributed by atoms with van der Waals surface area (Å²) in [6, 6.07) is 3.27. The molecule has 0 saturated heterocycles. The molecule has 0 fully saturated rings. The van der Waals surface area contributed by atoms with Gasteiger partial charge in [0.2, 0.25) is 0 Å². The van der Waals surface area contributed by atoms with E-state index in [9.17, 15) is 0 Å². The molecule has 12 heavy (non-hydrogen) atoms. The summed E-state index contributed by atoms with van der Waals surface area (Å²) < 4.78 is 4.72. The van der Waals surface area contributed by atoms with Crippen LogP contribution in [-0.2, 0) is 4.74 Å². The van der Waals surface area contributed by atoms with E-state index in [1.165, 1.54) is 0 Å². The number of ether oxygens (including phenoxy) is 1. The number of aliphatic imine (C=N–C) groups is 1. The lowest BCUT2D eigenvalue weighted by Crippen LogP contribution is -1.98. The lowest BCUT2D eigenvalue weighted by molar-refractivity contribution is 0.343. The first-order valence-electron chi connectivity index (χ1n) is 3.20. The predicted molar refractivity (Wildman–Crippen MR) is 42.6 cm³/mol. The monoisotopic (exact) mass is 164 g/mol. The van der Waals surface area contributed by atoms with Gasteiger partial charge in [0.15, 0.2) is 12.1 Å². The minimum Gasteiger partial charge on any atom is -0.483 e. The van der Waals surface area contributed by atoms with Crippen LogP contribution in [0.2, 0.25) is 0 Å². The Morgan fingerprint density at radius 1 is 1.58 bits per heavy atom. The van der Waals surface area contributed by atoms with Crippen LogP contribution in [0.1, 0.15) is 6.92 Å². The van der Waals surface area contributed by atoms with Crippen molar-refractivity contribution in [2.75, 3.05) is 6.61 Å². The molecular formula is C7H8N4O. The van der Waals surface area contributed by atoms with Crippen molar-refractivity contribution in [2.45, 2.75) is 6.92 Å². The SMILES string of the molecule is CCO/C=N/C(C#N)=C(\N)C#N. The predicted octanol–water partition coefficient (Wildman–Crippen LogP) is 0.269. The maximum Gasteiger partial charge on any atom is 0.177 e. The van der Waals surface area contributed by atoms with E-state index in [2.05, 4.69) is 4.99 Å². The zero-order chi connectivity index (χ0) is 9.40. The van der Waals surface area contributed by atoms with Crippen LogP contribution in [-0.4, -0.2) is 13.0 Å². The molecule has 0 bridgehead atoms. The van der Waals surface area contributed by atoms with Gasteiger partial charge in [-0.15, -0.1) is 0 Å². The van der Waals surface area contributed by atoms with Gasteiger partial charge in [0.1, 0.15) is 17.8 Å². The Balaban J connectivity index is 4.43. The summed E-state index contributed by atoms with van der Waals surface area (Å²) in [6.07, 6.45) is 1.09. The third-order valence-electron chi connectivity index (χ3n) is 0.904. The highest BCUT2D eigenvalue weighted by Gasteiger charge is 1.97. The van der Waals surface area contributed by atoms with Crippen LogP contribution in [0.3, 0.4) is 0 Å². The standard InChI is InChI=1S/C7H8N4O/c1-2-12-5-11-7(4-9)6(10)3-8/h5H,2,10H2,1H3/b7-6-,11-5+. The molecule has 0 saturated carbocycles. The molecule has 2 N–H and O–H groups in total. The maximum atomic E-state index is 8.42. The molecule has 0 amide bonds. The summed E-state index contributed by atoms with van der Waals surface area (Å²) in [5, 5.41) is 16.7. The van der Waals surface area contributed by atoms with Crippen molar-refractivity contribution < 1.29 is 4.74 Å². The zero-order valence-electron chi connectivity index (χ0n) is 6.61. The summed E-state index contributed by atoms with van der Waals surface area (Å²) in [5.41, 5.74) is 4.79. The Morgan fingerprint density at radius 3 is 2.67 bits per heavy atom. The normalized spacial score (nSPS) is 11.6. The summed E-state index contributed by atoms with van der Waals surface area (Å²) in [5.74, 6) is 0. The third-order valence-corrected chi connectivity index (χ3v) is 0.904. The van der Waals surface area contributed by atoms with Crippen LogP contribution in [0.5, 0.6) is 0 Å². The van der Waals surface area contributed by atoms with Gasteiger partial charge in [-0.1, -0.05) is 0 Å². The quantitative estimate of drug-likeness (QED) is 0.368. The molecule has 0 aromatic rings. The molecule has 0 heterocycles. The first kappa shape index (κ1) is 9.99. The van der Waals surface area contributed by atoms with Crippen LogP contribution < -0.4 is 5.73 Å². The summed E-state index contributed by atoms with van der Waals surface area (Å²) in [4.78, 5) is 3.53. The molecule has 0 unspecified atom stereocenters. The van der Waals surface area contributed by atoms with Crippen molar-refractivity contribution in [3.05, 3.63) is 11.4 Å². The number of nitrogens with zero attached hydrogens (tertiary/aromatic N) is 3. The summed E-state index contributed by atoms with van der Waals surface area (Å²) >= 11 is 0. The Morgan fingerprint density at radius 2 is 2.25 bits per heavy atom. The minimum absolute atomic E-state index is 0.133. The lowest BCUT2D eigenvalue weighted by atomic mass is 10.4. The maximum absolute atomic E-state index is 8.42. The average molecular weight is 164 g/mol. The number of nitriles is 2. The molecule has 0 rings (SSSR count). The summed E-state index contributed by atoms with van der Waals surface area (Å²) in [6.45, 7) is 2.23. The number of allylic oxidation sites excluding steroid dienone is 2. The van der Waals surface area contributed by atoms with Crippen LogP contribution in [0.25, 0.3) is 0 Å². The van der Waals surface area contributed by atoms with Crippen molar-refractivity contribution >= 4 is 6.40 Å². The molecule has 0 spiro atoms. The Bertz CT molecular complexity index is 279. The van der Waals surface area contributed by atoms with Gasteiger partial charge < -0.3 is 10.5 Å². The average Bonchev–Trinajstić information content (AvgIpc) is 2.11. The van der Waals surface area contributed by atoms with Gasteiger partial charge in [-0.3, -0.25) is 0 Å². The first-order valence-corrected chi connectivity index (χ1v) is 3.20. The van der Waals surface area contributed by atoms with Crippen molar-refractivity contribution in [3.63, 3.8) is 0 Å². The molecule has 5 nitrogen and oxygen atoms in total. The fourth-order valence-corrected chi connectivity index (χ4v) is 0.376. The number of hydrogen-bond acceptors (Lipinski definition) is 5. The van der Waals surface area contributed by atoms with Crippen LogP contribution in [0, 0.1) is 22.7 Å². The third kappa shape index (κ3) is 3.23. The molecular weight excluding hydrogens is 156 g/mol. The van der Waals surface area contributed by atoms with E-state index in [1.807, 2.05) is 0 Å². The smallest absolute Gasteiger partial charge is 0.177 e. The Labute approximate surface area is 70.4 Å². The van der Waals surface area contributed by atoms with Crippen molar-refractivity contribution in [1.82, 2.24) is 0 Å². The molecule has 0 aromatic carbocycles. The second-order valence-electron chi connectivity index (χ2n) is 1.68. The molecule has 0 aliphatic carbocycles. The van der Waals surface area contributed by atoms with Gasteiger partial charge >= 0.3 is 0 Å². The fourth-order valence-electron chi connectivity index (χ4n) is 0.376. The van der Waals surface area contributed by atoms with E-state index in [4.69, 9.17) is 21.0 Å².